The van der Waals surface area contributed by atoms with Crippen molar-refractivity contribution in [1.82, 2.24) is 5.06 Å². The minimum absolute atomic E-state index is 0.108. The molecule has 1 atom stereocenters. The van der Waals surface area contributed by atoms with Crippen LogP contribution in [0.2, 0.25) is 0 Å². The first kappa shape index (κ1) is 7.82. The van der Waals surface area contributed by atoms with Crippen molar-refractivity contribution < 1.29 is 14.5 Å². The summed E-state index contributed by atoms with van der Waals surface area (Å²) in [6.45, 7) is -0.108. The van der Waals surface area contributed by atoms with E-state index in [2.05, 4.69) is 4.62 Å². The maximum atomic E-state index is 9.84. The molecule has 0 aliphatic rings. The summed E-state index contributed by atoms with van der Waals surface area (Å²) in [5.41, 5.74) is 0. The quantitative estimate of drug-likeness (QED) is 0.429. The van der Waals surface area contributed by atoms with Crippen LogP contribution in [-0.2, 0) is 9.42 Å². The van der Waals surface area contributed by atoms with E-state index < -0.39 is 5.97 Å². The second-order valence-electron chi connectivity index (χ2n) is 1.29. The van der Waals surface area contributed by atoms with Gasteiger partial charge >= 0.3 is 5.97 Å². The highest BCUT2D eigenvalue weighted by Crippen LogP contribution is 1.89. The summed E-state index contributed by atoms with van der Waals surface area (Å²) in [5, 5.41) is 9.27. The van der Waals surface area contributed by atoms with Crippen LogP contribution in [-0.4, -0.2) is 29.7 Å². The van der Waals surface area contributed by atoms with Gasteiger partial charge in [0.15, 0.2) is 0 Å². The molecule has 8 heavy (non-hydrogen) atoms. The van der Waals surface area contributed by atoms with Crippen molar-refractivity contribution in [3.8, 4) is 0 Å². The lowest BCUT2D eigenvalue weighted by Crippen LogP contribution is -2.22. The molecular formula is C3H8NO3P. The molecule has 0 amide bonds. The van der Waals surface area contributed by atoms with Gasteiger partial charge in [-0.05, 0) is 0 Å². The Morgan fingerprint density at radius 3 is 2.62 bits per heavy atom. The summed E-state index contributed by atoms with van der Waals surface area (Å²) >= 11 is 0. The number of carboxylic acids is 1. The second kappa shape index (κ2) is 3.78. The second-order valence-corrected chi connectivity index (χ2v) is 1.50. The van der Waals surface area contributed by atoms with E-state index in [4.69, 9.17) is 5.11 Å². The number of likely N-dealkylation sites (N-methyl/N-ethyl adjacent to an activating group) is 1. The maximum Gasteiger partial charge on any atom is 0.320 e. The molecule has 1 unspecified atom stereocenters. The van der Waals surface area contributed by atoms with Crippen LogP contribution < -0.4 is 0 Å². The summed E-state index contributed by atoms with van der Waals surface area (Å²) in [5.74, 6) is -0.907. The molecule has 0 spiro atoms. The van der Waals surface area contributed by atoms with Gasteiger partial charge in [0.05, 0.1) is 0 Å². The zero-order valence-corrected chi connectivity index (χ0v) is 5.65. The Labute approximate surface area is 49.7 Å². The fraction of sp³-hybridized carbons (Fsp3) is 0.667. The summed E-state index contributed by atoms with van der Waals surface area (Å²) in [6.07, 6.45) is 0. The molecule has 0 aromatic heterocycles. The SMILES string of the molecule is CN(CC(=O)O)OP. The number of aliphatic carboxylic acids is 1. The van der Waals surface area contributed by atoms with E-state index in [-0.39, 0.29) is 6.54 Å². The van der Waals surface area contributed by atoms with Gasteiger partial charge in [-0.3, -0.25) is 9.42 Å². The lowest BCUT2D eigenvalue weighted by atomic mass is 10.7. The van der Waals surface area contributed by atoms with E-state index in [0.29, 0.717) is 0 Å². The van der Waals surface area contributed by atoms with Gasteiger partial charge in [-0.15, -0.1) is 0 Å². The first-order chi connectivity index (χ1) is 3.66. The summed E-state index contributed by atoms with van der Waals surface area (Å²) in [6, 6.07) is 0. The average Bonchev–Trinajstić information content (AvgIpc) is 1.65. The molecule has 1 N–H and O–H groups in total. The Balaban J connectivity index is 3.24. The molecule has 0 aromatic carbocycles. The molecule has 0 aromatic rings. The van der Waals surface area contributed by atoms with Crippen LogP contribution in [0.3, 0.4) is 0 Å². The Kier molecular flexibility index (Phi) is 3.69. The molecule has 0 aliphatic heterocycles. The maximum absolute atomic E-state index is 9.84. The number of hydrogen-bond donors (Lipinski definition) is 1. The van der Waals surface area contributed by atoms with Gasteiger partial charge in [0, 0.05) is 16.5 Å². The van der Waals surface area contributed by atoms with Crippen molar-refractivity contribution in [1.29, 1.82) is 0 Å². The van der Waals surface area contributed by atoms with Crippen LogP contribution in [0, 0.1) is 0 Å². The predicted molar refractivity (Wildman–Crippen MR) is 31.1 cm³/mol. The molecule has 0 fully saturated rings. The molecule has 5 heteroatoms. The van der Waals surface area contributed by atoms with Gasteiger partial charge in [-0.2, -0.15) is 5.06 Å². The van der Waals surface area contributed by atoms with E-state index in [1.165, 1.54) is 12.1 Å². The average molecular weight is 137 g/mol. The fourth-order valence-electron chi connectivity index (χ4n) is 0.228. The third kappa shape index (κ3) is 3.99. The lowest BCUT2D eigenvalue weighted by Gasteiger charge is -2.07. The molecule has 0 heterocycles. The largest absolute Gasteiger partial charge is 0.480 e. The van der Waals surface area contributed by atoms with Gasteiger partial charge in [0.25, 0.3) is 0 Å². The standard InChI is InChI=1S/C3H8NO3P/c1-4(7-8)2-3(5)6/h2,8H2,1H3,(H,5,6). The van der Waals surface area contributed by atoms with Crippen LogP contribution >= 0.6 is 9.47 Å². The van der Waals surface area contributed by atoms with Gasteiger partial charge in [0.2, 0.25) is 0 Å². The monoisotopic (exact) mass is 137 g/mol. The van der Waals surface area contributed by atoms with Crippen molar-refractivity contribution in [2.24, 2.45) is 0 Å². The van der Waals surface area contributed by atoms with Gasteiger partial charge in [-0.1, -0.05) is 0 Å². The van der Waals surface area contributed by atoms with Crippen molar-refractivity contribution in [3.05, 3.63) is 0 Å². The molecule has 48 valence electrons. The lowest BCUT2D eigenvalue weighted by molar-refractivity contribution is -0.144. The molecule has 0 radical (unpaired) electrons. The van der Waals surface area contributed by atoms with Crippen molar-refractivity contribution in [3.63, 3.8) is 0 Å². The number of nitrogens with zero attached hydrogens (tertiary/aromatic N) is 1. The third-order valence-electron chi connectivity index (χ3n) is 0.538. The minimum Gasteiger partial charge on any atom is -0.480 e. The van der Waals surface area contributed by atoms with Gasteiger partial charge in [0.1, 0.15) is 6.54 Å². The topological polar surface area (TPSA) is 49.8 Å². The van der Waals surface area contributed by atoms with Crippen molar-refractivity contribution in [2.75, 3.05) is 13.6 Å². The van der Waals surface area contributed by atoms with Crippen LogP contribution in [0.25, 0.3) is 0 Å². The van der Waals surface area contributed by atoms with E-state index in [1.807, 2.05) is 9.47 Å². The van der Waals surface area contributed by atoms with Crippen molar-refractivity contribution >= 4 is 15.4 Å². The predicted octanol–water partition coefficient (Wildman–Crippen LogP) is -0.276. The fourth-order valence-corrected chi connectivity index (χ4v) is 0.302. The van der Waals surface area contributed by atoms with E-state index in [9.17, 15) is 4.79 Å². The molecule has 0 saturated carbocycles. The normalized spacial score (nSPS) is 9.88. The minimum atomic E-state index is -0.907. The zero-order valence-electron chi connectivity index (χ0n) is 4.50. The number of hydrogen-bond acceptors (Lipinski definition) is 3. The van der Waals surface area contributed by atoms with Crippen LogP contribution in [0.1, 0.15) is 0 Å². The Hall–Kier alpha value is -0.180. The van der Waals surface area contributed by atoms with Crippen LogP contribution in [0.15, 0.2) is 0 Å². The van der Waals surface area contributed by atoms with E-state index >= 15 is 0 Å². The summed E-state index contributed by atoms with van der Waals surface area (Å²) < 4.78 is 4.43. The molecule has 4 nitrogen and oxygen atoms in total. The molecular weight excluding hydrogens is 129 g/mol. The number of carboxylic acid groups (broad SMARTS) is 1. The molecule has 0 saturated heterocycles. The molecule has 0 rings (SSSR count). The zero-order chi connectivity index (χ0) is 6.57. The van der Waals surface area contributed by atoms with Crippen LogP contribution in [0.4, 0.5) is 0 Å². The number of rotatable bonds is 3. The molecule has 0 aliphatic carbocycles. The molecule has 0 bridgehead atoms. The van der Waals surface area contributed by atoms with Crippen LogP contribution in [0.5, 0.6) is 0 Å². The highest BCUT2D eigenvalue weighted by atomic mass is 31.0. The third-order valence-corrected chi connectivity index (χ3v) is 0.898. The summed E-state index contributed by atoms with van der Waals surface area (Å²) in [7, 11) is 3.48. The van der Waals surface area contributed by atoms with E-state index in [0.717, 1.165) is 0 Å². The smallest absolute Gasteiger partial charge is 0.320 e. The Morgan fingerprint density at radius 2 is 2.50 bits per heavy atom. The Morgan fingerprint density at radius 1 is 2.00 bits per heavy atom. The van der Waals surface area contributed by atoms with Gasteiger partial charge < -0.3 is 5.11 Å². The van der Waals surface area contributed by atoms with E-state index in [1.54, 1.807) is 0 Å². The highest BCUT2D eigenvalue weighted by molar-refractivity contribution is 7.09. The first-order valence-corrected chi connectivity index (χ1v) is 2.43. The first-order valence-electron chi connectivity index (χ1n) is 1.96. The number of hydroxylamine groups is 2. The Bertz CT molecular complexity index is 86.6. The summed E-state index contributed by atoms with van der Waals surface area (Å²) in [4.78, 5) is 9.84. The van der Waals surface area contributed by atoms with Gasteiger partial charge in [-0.25, -0.2) is 0 Å². The number of carbonyl (C=O) groups is 1. The highest BCUT2D eigenvalue weighted by Gasteiger charge is 1.99. The van der Waals surface area contributed by atoms with Crippen molar-refractivity contribution in [2.45, 2.75) is 0 Å².